The fourth-order valence-electron chi connectivity index (χ4n) is 4.60. The highest BCUT2D eigenvalue weighted by atomic mass is 35.5. The summed E-state index contributed by atoms with van der Waals surface area (Å²) in [6, 6.07) is 14.2. The molecule has 3 heterocycles. The van der Waals surface area contributed by atoms with Gasteiger partial charge in [0, 0.05) is 21.3 Å². The summed E-state index contributed by atoms with van der Waals surface area (Å²) >= 11 is 7.97. The number of rotatable bonds is 9. The number of anilines is 1. The lowest BCUT2D eigenvalue weighted by Crippen LogP contribution is -2.32. The number of benzene rings is 1. The molecule has 4 N–H and O–H groups in total. The van der Waals surface area contributed by atoms with Crippen LogP contribution >= 0.6 is 22.9 Å². The third kappa shape index (κ3) is 5.24. The third-order valence-corrected chi connectivity index (χ3v) is 10.4. The van der Waals surface area contributed by atoms with Crippen molar-refractivity contribution in [2.75, 3.05) is 5.73 Å². The Kier molecular flexibility index (Phi) is 6.45. The van der Waals surface area contributed by atoms with Crippen molar-refractivity contribution < 1.29 is 13.5 Å². The molecule has 10 heteroatoms. The van der Waals surface area contributed by atoms with Crippen LogP contribution in [0.15, 0.2) is 54.7 Å². The van der Waals surface area contributed by atoms with Crippen LogP contribution in [0.2, 0.25) is 5.02 Å². The minimum atomic E-state index is -3.55. The Labute approximate surface area is 224 Å². The average Bonchev–Trinajstić information content (AvgIpc) is 3.82. The molecule has 2 unspecified atom stereocenters. The molecule has 37 heavy (non-hydrogen) atoms. The van der Waals surface area contributed by atoms with E-state index < -0.39 is 27.4 Å². The summed E-state index contributed by atoms with van der Waals surface area (Å²) in [4.78, 5) is 9.77. The summed E-state index contributed by atoms with van der Waals surface area (Å²) in [7, 11) is -3.55. The number of aliphatic hydroxyl groups excluding tert-OH is 1. The molecule has 192 valence electrons. The summed E-state index contributed by atoms with van der Waals surface area (Å²) in [6.07, 6.45) is 5.65. The number of pyridine rings is 2. The number of hydrogen-bond donors (Lipinski definition) is 3. The molecule has 0 saturated heterocycles. The Balaban J connectivity index is 1.42. The zero-order valence-electron chi connectivity index (χ0n) is 20.0. The van der Waals surface area contributed by atoms with Gasteiger partial charge < -0.3 is 10.8 Å². The van der Waals surface area contributed by atoms with Crippen LogP contribution in [0.3, 0.4) is 0 Å². The van der Waals surface area contributed by atoms with Gasteiger partial charge in [0.25, 0.3) is 0 Å². The molecule has 6 rings (SSSR count). The maximum absolute atomic E-state index is 13.0. The maximum atomic E-state index is 13.0. The lowest BCUT2D eigenvalue weighted by atomic mass is 10.0. The number of fused-ring (bicyclic) bond motifs is 1. The van der Waals surface area contributed by atoms with Gasteiger partial charge in [-0.3, -0.25) is 4.98 Å². The lowest BCUT2D eigenvalue weighted by Gasteiger charge is -2.18. The molecular formula is C27H27ClN4O3S2. The monoisotopic (exact) mass is 554 g/mol. The smallest absolute Gasteiger partial charge is 0.215 e. The number of sulfonamides is 1. The van der Waals surface area contributed by atoms with E-state index in [9.17, 15) is 13.5 Å². The van der Waals surface area contributed by atoms with E-state index in [0.717, 1.165) is 38.2 Å². The first kappa shape index (κ1) is 24.8. The molecule has 1 aromatic carbocycles. The topological polar surface area (TPSA) is 118 Å². The summed E-state index contributed by atoms with van der Waals surface area (Å²) in [6.45, 7) is 0. The predicted molar refractivity (Wildman–Crippen MR) is 148 cm³/mol. The SMILES string of the molecule is Nc1ccc(Cl)c(C(NS(=O)(=O)C2CC2)c2cc3cccc(-c4cc(C(O)CC5CC5)ccn4)c3s2)n1. The number of halogens is 1. The predicted octanol–water partition coefficient (Wildman–Crippen LogP) is 5.60. The van der Waals surface area contributed by atoms with Crippen LogP contribution < -0.4 is 10.5 Å². The van der Waals surface area contributed by atoms with Crippen molar-refractivity contribution in [1.29, 1.82) is 0 Å². The Morgan fingerprint density at radius 2 is 1.95 bits per heavy atom. The summed E-state index contributed by atoms with van der Waals surface area (Å²) < 4.78 is 29.8. The van der Waals surface area contributed by atoms with Gasteiger partial charge in [-0.1, -0.05) is 42.6 Å². The van der Waals surface area contributed by atoms with Gasteiger partial charge in [0.1, 0.15) is 5.82 Å². The first-order valence-corrected chi connectivity index (χ1v) is 15.1. The molecule has 0 spiro atoms. The first-order chi connectivity index (χ1) is 17.8. The first-order valence-electron chi connectivity index (χ1n) is 12.4. The molecule has 2 saturated carbocycles. The van der Waals surface area contributed by atoms with Crippen LogP contribution in [0.4, 0.5) is 5.82 Å². The molecule has 0 aliphatic heterocycles. The highest BCUT2D eigenvalue weighted by Gasteiger charge is 2.38. The highest BCUT2D eigenvalue weighted by molar-refractivity contribution is 7.90. The quantitative estimate of drug-likeness (QED) is 0.248. The van der Waals surface area contributed by atoms with Crippen molar-refractivity contribution in [3.05, 3.63) is 75.9 Å². The van der Waals surface area contributed by atoms with Gasteiger partial charge in [-0.15, -0.1) is 11.3 Å². The van der Waals surface area contributed by atoms with E-state index in [1.165, 1.54) is 24.2 Å². The molecule has 0 bridgehead atoms. The molecule has 4 aromatic rings. The van der Waals surface area contributed by atoms with Crippen LogP contribution in [0.5, 0.6) is 0 Å². The largest absolute Gasteiger partial charge is 0.388 e. The highest BCUT2D eigenvalue weighted by Crippen LogP contribution is 2.42. The fourth-order valence-corrected chi connectivity index (χ4v) is 7.64. The van der Waals surface area contributed by atoms with Crippen LogP contribution in [0.1, 0.15) is 60.4 Å². The second-order valence-corrected chi connectivity index (χ2v) is 13.4. The lowest BCUT2D eigenvalue weighted by molar-refractivity contribution is 0.160. The van der Waals surface area contributed by atoms with Crippen molar-refractivity contribution in [2.45, 2.75) is 49.5 Å². The molecule has 0 amide bonds. The molecular weight excluding hydrogens is 528 g/mol. The fraction of sp³-hybridized carbons (Fsp3) is 0.333. The molecule has 2 fully saturated rings. The second-order valence-electron chi connectivity index (χ2n) is 9.94. The average molecular weight is 555 g/mol. The van der Waals surface area contributed by atoms with Gasteiger partial charge in [-0.2, -0.15) is 0 Å². The summed E-state index contributed by atoms with van der Waals surface area (Å²) in [5.41, 5.74) is 8.88. The van der Waals surface area contributed by atoms with Gasteiger partial charge >= 0.3 is 0 Å². The molecule has 2 aliphatic rings. The van der Waals surface area contributed by atoms with Gasteiger partial charge in [0.05, 0.1) is 33.8 Å². The zero-order valence-corrected chi connectivity index (χ0v) is 22.4. The van der Waals surface area contributed by atoms with Crippen LogP contribution in [0, 0.1) is 5.92 Å². The summed E-state index contributed by atoms with van der Waals surface area (Å²) in [5.74, 6) is 0.876. The van der Waals surface area contributed by atoms with Crippen LogP contribution in [0.25, 0.3) is 21.3 Å². The number of hydrogen-bond acceptors (Lipinski definition) is 7. The van der Waals surface area contributed by atoms with E-state index in [1.54, 1.807) is 18.3 Å². The van der Waals surface area contributed by atoms with Crippen molar-refractivity contribution in [2.24, 2.45) is 5.92 Å². The molecule has 2 aliphatic carbocycles. The standard InChI is InChI=1S/C27H27ClN4O3S2/c28-20-8-9-24(29)31-25(20)26(32-37(34,35)18-6-7-18)23-14-17-2-1-3-19(27(17)36-23)21-13-16(10-11-30-21)22(33)12-15-4-5-15/h1-3,8-11,13-15,18,22,26,32-33H,4-7,12H2,(H2,29,31). The Morgan fingerprint density at radius 1 is 1.14 bits per heavy atom. The van der Waals surface area contributed by atoms with Crippen molar-refractivity contribution in [1.82, 2.24) is 14.7 Å². The van der Waals surface area contributed by atoms with E-state index in [-0.39, 0.29) is 5.82 Å². The number of aromatic nitrogens is 2. The number of nitrogens with zero attached hydrogens (tertiary/aromatic N) is 2. The third-order valence-electron chi connectivity index (χ3n) is 6.96. The van der Waals surface area contributed by atoms with Crippen molar-refractivity contribution >= 4 is 48.9 Å². The zero-order chi connectivity index (χ0) is 25.7. The second kappa shape index (κ2) is 9.63. The van der Waals surface area contributed by atoms with E-state index in [4.69, 9.17) is 17.3 Å². The Hall–Kier alpha value is -2.56. The van der Waals surface area contributed by atoms with Crippen molar-refractivity contribution in [3.8, 4) is 11.3 Å². The van der Waals surface area contributed by atoms with E-state index in [1.807, 2.05) is 36.4 Å². The minimum absolute atomic E-state index is 0.266. The van der Waals surface area contributed by atoms with Gasteiger partial charge in [0.2, 0.25) is 10.0 Å². The Bertz CT molecular complexity index is 1580. The maximum Gasteiger partial charge on any atom is 0.215 e. The molecule has 0 radical (unpaired) electrons. The van der Waals surface area contributed by atoms with Gasteiger partial charge in [-0.25, -0.2) is 18.1 Å². The number of thiophene rings is 1. The number of nitrogens with one attached hydrogen (secondary N) is 1. The van der Waals surface area contributed by atoms with E-state index in [2.05, 4.69) is 14.7 Å². The number of nitrogens with two attached hydrogens (primary N) is 1. The number of aliphatic hydroxyl groups is 1. The van der Waals surface area contributed by atoms with E-state index in [0.29, 0.717) is 29.5 Å². The van der Waals surface area contributed by atoms with Gasteiger partial charge in [-0.05, 0) is 66.5 Å². The molecule has 7 nitrogen and oxygen atoms in total. The molecule has 3 aromatic heterocycles. The molecule has 2 atom stereocenters. The normalized spacial score (nSPS) is 17.7. The van der Waals surface area contributed by atoms with E-state index >= 15 is 0 Å². The van der Waals surface area contributed by atoms with Crippen molar-refractivity contribution in [3.63, 3.8) is 0 Å². The minimum Gasteiger partial charge on any atom is -0.388 e. The summed E-state index contributed by atoms with van der Waals surface area (Å²) in [5, 5.41) is 11.6. The Morgan fingerprint density at radius 3 is 2.70 bits per heavy atom. The van der Waals surface area contributed by atoms with Crippen LogP contribution in [-0.2, 0) is 10.0 Å². The van der Waals surface area contributed by atoms with Crippen LogP contribution in [-0.4, -0.2) is 28.7 Å². The van der Waals surface area contributed by atoms with Gasteiger partial charge in [0.15, 0.2) is 0 Å². The number of nitrogen functional groups attached to an aromatic ring is 1.